The van der Waals surface area contributed by atoms with Crippen molar-refractivity contribution in [2.75, 3.05) is 5.32 Å². The Morgan fingerprint density at radius 2 is 1.67 bits per heavy atom. The molecule has 0 aliphatic carbocycles. The Bertz CT molecular complexity index is 487. The summed E-state index contributed by atoms with van der Waals surface area (Å²) in [6.45, 7) is 0. The van der Waals surface area contributed by atoms with Crippen LogP contribution in [0.5, 0.6) is 0 Å². The molecule has 0 spiro atoms. The molecule has 0 aliphatic rings. The largest absolute Gasteiger partial charge is 0.326 e. The Morgan fingerprint density at radius 3 is 2.28 bits per heavy atom. The topological polar surface area (TPSA) is 29.1 Å². The zero-order chi connectivity index (χ0) is 13.0. The number of rotatable bonds is 3. The number of hydrogen-bond acceptors (Lipinski definition) is 1. The molecule has 2 aromatic rings. The minimum absolute atomic E-state index is 0.121. The lowest BCUT2D eigenvalue weighted by Gasteiger charge is -2.05. The normalized spacial score (nSPS) is 10.1. The summed E-state index contributed by atoms with van der Waals surface area (Å²) in [7, 11) is 0. The number of carbonyl (C=O) groups excluding carboxylic acids is 1. The van der Waals surface area contributed by atoms with E-state index in [-0.39, 0.29) is 18.1 Å². The number of amides is 1. The van der Waals surface area contributed by atoms with Gasteiger partial charge >= 0.3 is 0 Å². The van der Waals surface area contributed by atoms with E-state index in [1.54, 1.807) is 12.1 Å². The first-order chi connectivity index (χ1) is 8.63. The first-order valence-electron chi connectivity index (χ1n) is 5.43. The van der Waals surface area contributed by atoms with Gasteiger partial charge in [-0.05, 0) is 42.0 Å². The monoisotopic (exact) mass is 307 g/mol. The zero-order valence-corrected chi connectivity index (χ0v) is 11.1. The third-order valence-electron chi connectivity index (χ3n) is 2.41. The Morgan fingerprint density at radius 1 is 1.06 bits per heavy atom. The minimum Gasteiger partial charge on any atom is -0.326 e. The van der Waals surface area contributed by atoms with Gasteiger partial charge in [-0.1, -0.05) is 28.1 Å². The fourth-order valence-electron chi connectivity index (χ4n) is 1.53. The molecule has 0 heterocycles. The van der Waals surface area contributed by atoms with Crippen LogP contribution in [-0.4, -0.2) is 5.91 Å². The molecule has 2 aromatic carbocycles. The first kappa shape index (κ1) is 12.8. The lowest BCUT2D eigenvalue weighted by atomic mass is 10.1. The quantitative estimate of drug-likeness (QED) is 0.919. The van der Waals surface area contributed by atoms with Crippen molar-refractivity contribution in [1.82, 2.24) is 0 Å². The molecule has 0 saturated heterocycles. The van der Waals surface area contributed by atoms with E-state index in [1.807, 2.05) is 24.3 Å². The maximum Gasteiger partial charge on any atom is 0.228 e. The summed E-state index contributed by atoms with van der Waals surface area (Å²) in [5.74, 6) is -0.420. The van der Waals surface area contributed by atoms with Crippen molar-refractivity contribution >= 4 is 27.5 Å². The molecule has 0 bridgehead atoms. The van der Waals surface area contributed by atoms with Crippen LogP contribution in [0.1, 0.15) is 5.56 Å². The molecule has 0 radical (unpaired) electrons. The van der Waals surface area contributed by atoms with Crippen molar-refractivity contribution in [3.05, 3.63) is 64.4 Å². The maximum absolute atomic E-state index is 12.7. The third-order valence-corrected chi connectivity index (χ3v) is 2.93. The second-order valence-corrected chi connectivity index (χ2v) is 4.77. The summed E-state index contributed by atoms with van der Waals surface area (Å²) in [4.78, 5) is 11.7. The number of anilines is 1. The maximum atomic E-state index is 12.7. The van der Waals surface area contributed by atoms with Gasteiger partial charge in [0.15, 0.2) is 0 Å². The van der Waals surface area contributed by atoms with Gasteiger partial charge in [0.25, 0.3) is 0 Å². The van der Waals surface area contributed by atoms with E-state index in [9.17, 15) is 9.18 Å². The van der Waals surface area contributed by atoms with Crippen molar-refractivity contribution in [3.8, 4) is 0 Å². The van der Waals surface area contributed by atoms with Gasteiger partial charge in [0.1, 0.15) is 5.82 Å². The fourth-order valence-corrected chi connectivity index (χ4v) is 1.79. The molecule has 2 nitrogen and oxygen atoms in total. The van der Waals surface area contributed by atoms with Crippen LogP contribution in [0.25, 0.3) is 0 Å². The molecular weight excluding hydrogens is 297 g/mol. The minimum atomic E-state index is -0.299. The molecule has 1 N–H and O–H groups in total. The predicted molar refractivity (Wildman–Crippen MR) is 72.9 cm³/mol. The average molecular weight is 308 g/mol. The van der Waals surface area contributed by atoms with Crippen LogP contribution in [0.3, 0.4) is 0 Å². The molecule has 1 amide bonds. The van der Waals surface area contributed by atoms with Gasteiger partial charge in [-0.15, -0.1) is 0 Å². The van der Waals surface area contributed by atoms with Gasteiger partial charge in [0, 0.05) is 10.2 Å². The number of benzene rings is 2. The van der Waals surface area contributed by atoms with E-state index in [0.29, 0.717) is 0 Å². The van der Waals surface area contributed by atoms with E-state index in [0.717, 1.165) is 15.7 Å². The fraction of sp³-hybridized carbons (Fsp3) is 0.0714. The second-order valence-electron chi connectivity index (χ2n) is 3.86. The molecular formula is C14H11BrFNO. The number of carbonyl (C=O) groups is 1. The SMILES string of the molecule is O=C(Cc1ccc(F)cc1)Nc1ccc(Br)cc1. The summed E-state index contributed by atoms with van der Waals surface area (Å²) in [6, 6.07) is 13.2. The summed E-state index contributed by atoms with van der Waals surface area (Å²) in [5.41, 5.74) is 1.52. The van der Waals surface area contributed by atoms with E-state index >= 15 is 0 Å². The molecule has 0 fully saturated rings. The second kappa shape index (κ2) is 5.78. The van der Waals surface area contributed by atoms with Crippen LogP contribution >= 0.6 is 15.9 Å². The van der Waals surface area contributed by atoms with Crippen LogP contribution < -0.4 is 5.32 Å². The predicted octanol–water partition coefficient (Wildman–Crippen LogP) is 3.77. The van der Waals surface area contributed by atoms with E-state index < -0.39 is 0 Å². The molecule has 4 heteroatoms. The Labute approximate surface area is 113 Å². The summed E-state index contributed by atoms with van der Waals surface area (Å²) < 4.78 is 13.7. The van der Waals surface area contributed by atoms with Crippen LogP contribution in [0.2, 0.25) is 0 Å². The standard InChI is InChI=1S/C14H11BrFNO/c15-11-3-7-13(8-4-11)17-14(18)9-10-1-5-12(16)6-2-10/h1-8H,9H2,(H,17,18). The van der Waals surface area contributed by atoms with Gasteiger partial charge in [-0.3, -0.25) is 4.79 Å². The van der Waals surface area contributed by atoms with Crippen LogP contribution in [0, 0.1) is 5.82 Å². The average Bonchev–Trinajstić information content (AvgIpc) is 2.35. The molecule has 18 heavy (non-hydrogen) atoms. The molecule has 0 atom stereocenters. The van der Waals surface area contributed by atoms with Gasteiger partial charge in [-0.25, -0.2) is 4.39 Å². The van der Waals surface area contributed by atoms with Crippen molar-refractivity contribution in [3.63, 3.8) is 0 Å². The van der Waals surface area contributed by atoms with E-state index in [4.69, 9.17) is 0 Å². The number of halogens is 2. The van der Waals surface area contributed by atoms with Crippen molar-refractivity contribution in [2.45, 2.75) is 6.42 Å². The van der Waals surface area contributed by atoms with Crippen LogP contribution in [0.4, 0.5) is 10.1 Å². The van der Waals surface area contributed by atoms with Gasteiger partial charge in [0.2, 0.25) is 5.91 Å². The van der Waals surface area contributed by atoms with Gasteiger partial charge in [-0.2, -0.15) is 0 Å². The number of nitrogens with one attached hydrogen (secondary N) is 1. The molecule has 92 valence electrons. The lowest BCUT2D eigenvalue weighted by molar-refractivity contribution is -0.115. The third kappa shape index (κ3) is 3.67. The van der Waals surface area contributed by atoms with E-state index in [2.05, 4.69) is 21.2 Å². The van der Waals surface area contributed by atoms with Gasteiger partial charge < -0.3 is 5.32 Å². The van der Waals surface area contributed by atoms with Gasteiger partial charge in [0.05, 0.1) is 6.42 Å². The summed E-state index contributed by atoms with van der Waals surface area (Å²) in [5, 5.41) is 2.78. The lowest BCUT2D eigenvalue weighted by Crippen LogP contribution is -2.14. The molecule has 0 aliphatic heterocycles. The van der Waals surface area contributed by atoms with Crippen molar-refractivity contribution in [2.24, 2.45) is 0 Å². The van der Waals surface area contributed by atoms with Crippen LogP contribution in [0.15, 0.2) is 53.0 Å². The van der Waals surface area contributed by atoms with Crippen molar-refractivity contribution < 1.29 is 9.18 Å². The Balaban J connectivity index is 1.96. The highest BCUT2D eigenvalue weighted by atomic mass is 79.9. The van der Waals surface area contributed by atoms with E-state index in [1.165, 1.54) is 12.1 Å². The molecule has 0 unspecified atom stereocenters. The zero-order valence-electron chi connectivity index (χ0n) is 9.49. The molecule has 2 rings (SSSR count). The smallest absolute Gasteiger partial charge is 0.228 e. The number of hydrogen-bond donors (Lipinski definition) is 1. The summed E-state index contributed by atoms with van der Waals surface area (Å²) in [6.07, 6.45) is 0.232. The highest BCUT2D eigenvalue weighted by Crippen LogP contribution is 2.14. The Kier molecular flexibility index (Phi) is 4.10. The Hall–Kier alpha value is -1.68. The highest BCUT2D eigenvalue weighted by molar-refractivity contribution is 9.10. The molecule has 0 aromatic heterocycles. The van der Waals surface area contributed by atoms with Crippen molar-refractivity contribution in [1.29, 1.82) is 0 Å². The van der Waals surface area contributed by atoms with Crippen LogP contribution in [-0.2, 0) is 11.2 Å². The first-order valence-corrected chi connectivity index (χ1v) is 6.22. The molecule has 0 saturated carbocycles. The highest BCUT2D eigenvalue weighted by Gasteiger charge is 2.04. The summed E-state index contributed by atoms with van der Waals surface area (Å²) >= 11 is 3.32.